The van der Waals surface area contributed by atoms with Gasteiger partial charge in [-0.05, 0) is 49.6 Å². The van der Waals surface area contributed by atoms with E-state index in [1.807, 2.05) is 32.2 Å². The Morgan fingerprint density at radius 2 is 1.71 bits per heavy atom. The highest BCUT2D eigenvalue weighted by Crippen LogP contribution is 2.21. The van der Waals surface area contributed by atoms with E-state index in [0.717, 1.165) is 17.1 Å². The van der Waals surface area contributed by atoms with Crippen LogP contribution < -0.4 is 5.32 Å². The van der Waals surface area contributed by atoms with Gasteiger partial charge in [-0.25, -0.2) is 9.97 Å². The van der Waals surface area contributed by atoms with Crippen LogP contribution in [0.3, 0.4) is 0 Å². The summed E-state index contributed by atoms with van der Waals surface area (Å²) >= 11 is 5.81. The monoisotopic (exact) mass is 247 g/mol. The molecule has 3 nitrogen and oxygen atoms in total. The lowest BCUT2D eigenvalue weighted by Gasteiger charge is -2.09. The fourth-order valence-electron chi connectivity index (χ4n) is 1.48. The molecule has 0 radical (unpaired) electrons. The largest absolute Gasteiger partial charge is 0.339 e. The second-order valence-corrected chi connectivity index (χ2v) is 4.49. The molecule has 2 aromatic rings. The maximum atomic E-state index is 5.81. The van der Waals surface area contributed by atoms with Crippen molar-refractivity contribution in [2.24, 2.45) is 0 Å². The zero-order chi connectivity index (χ0) is 12.4. The number of nitrogens with zero attached hydrogens (tertiary/aromatic N) is 2. The molecule has 4 heteroatoms. The van der Waals surface area contributed by atoms with Crippen LogP contribution in [-0.4, -0.2) is 9.97 Å². The molecule has 0 aliphatic rings. The average molecular weight is 248 g/mol. The Hall–Kier alpha value is -1.61. The third-order valence-corrected chi connectivity index (χ3v) is 2.92. The minimum Gasteiger partial charge on any atom is -0.339 e. The van der Waals surface area contributed by atoms with Gasteiger partial charge in [0.2, 0.25) is 0 Å². The van der Waals surface area contributed by atoms with Crippen molar-refractivity contribution in [3.8, 4) is 0 Å². The first-order valence-corrected chi connectivity index (χ1v) is 5.76. The van der Waals surface area contributed by atoms with Crippen molar-refractivity contribution >= 4 is 23.1 Å². The molecule has 0 aliphatic heterocycles. The van der Waals surface area contributed by atoms with Crippen molar-refractivity contribution in [2.75, 3.05) is 5.32 Å². The SMILES string of the molecule is Cc1cnc(Nc2cnc(Cl)cc2C)cc1C. The van der Waals surface area contributed by atoms with E-state index in [1.165, 1.54) is 11.1 Å². The molecule has 88 valence electrons. The number of nitrogens with one attached hydrogen (secondary N) is 1. The zero-order valence-corrected chi connectivity index (χ0v) is 10.8. The maximum Gasteiger partial charge on any atom is 0.130 e. The van der Waals surface area contributed by atoms with Gasteiger partial charge in [-0.3, -0.25) is 0 Å². The second kappa shape index (κ2) is 4.72. The highest BCUT2D eigenvalue weighted by Gasteiger charge is 2.02. The molecule has 0 aromatic carbocycles. The molecule has 0 saturated heterocycles. The smallest absolute Gasteiger partial charge is 0.130 e. The lowest BCUT2D eigenvalue weighted by Crippen LogP contribution is -1.97. The Bertz CT molecular complexity index is 552. The van der Waals surface area contributed by atoms with E-state index >= 15 is 0 Å². The second-order valence-electron chi connectivity index (χ2n) is 4.10. The molecular weight excluding hydrogens is 234 g/mol. The van der Waals surface area contributed by atoms with Crippen LogP contribution in [0, 0.1) is 20.8 Å². The number of halogens is 1. The summed E-state index contributed by atoms with van der Waals surface area (Å²) in [5.41, 5.74) is 4.36. The van der Waals surface area contributed by atoms with Crippen LogP contribution in [0.25, 0.3) is 0 Å². The molecule has 17 heavy (non-hydrogen) atoms. The molecule has 0 spiro atoms. The zero-order valence-electron chi connectivity index (χ0n) is 10.1. The first kappa shape index (κ1) is 11.9. The summed E-state index contributed by atoms with van der Waals surface area (Å²) in [6, 6.07) is 3.84. The first-order valence-electron chi connectivity index (χ1n) is 5.38. The number of aromatic nitrogens is 2. The number of hydrogen-bond donors (Lipinski definition) is 1. The van der Waals surface area contributed by atoms with Crippen molar-refractivity contribution in [1.29, 1.82) is 0 Å². The molecule has 0 saturated carbocycles. The van der Waals surface area contributed by atoms with Gasteiger partial charge in [0, 0.05) is 6.20 Å². The number of pyridine rings is 2. The predicted molar refractivity (Wildman–Crippen MR) is 71.0 cm³/mol. The summed E-state index contributed by atoms with van der Waals surface area (Å²) in [4.78, 5) is 8.38. The Labute approximate surface area is 106 Å². The van der Waals surface area contributed by atoms with Gasteiger partial charge in [-0.1, -0.05) is 11.6 Å². The van der Waals surface area contributed by atoms with Crippen LogP contribution in [0.15, 0.2) is 24.5 Å². The standard InChI is InChI=1S/C13H14ClN3/c1-8-5-13(16-6-10(8)3)17-11-7-15-12(14)4-9(11)2/h4-7H,1-3H3,(H,16,17). The van der Waals surface area contributed by atoms with E-state index in [0.29, 0.717) is 5.15 Å². The Kier molecular flexibility index (Phi) is 3.29. The minimum absolute atomic E-state index is 0.501. The highest BCUT2D eigenvalue weighted by molar-refractivity contribution is 6.29. The first-order chi connectivity index (χ1) is 8.06. The molecule has 1 N–H and O–H groups in total. The van der Waals surface area contributed by atoms with Crippen molar-refractivity contribution < 1.29 is 0 Å². The Balaban J connectivity index is 2.28. The molecular formula is C13H14ClN3. The van der Waals surface area contributed by atoms with E-state index in [4.69, 9.17) is 11.6 Å². The van der Waals surface area contributed by atoms with Gasteiger partial charge in [-0.15, -0.1) is 0 Å². The molecule has 2 heterocycles. The molecule has 0 fully saturated rings. The highest BCUT2D eigenvalue weighted by atomic mass is 35.5. The van der Waals surface area contributed by atoms with E-state index < -0.39 is 0 Å². The molecule has 0 amide bonds. The topological polar surface area (TPSA) is 37.8 Å². The van der Waals surface area contributed by atoms with Crippen LogP contribution in [0.4, 0.5) is 11.5 Å². The van der Waals surface area contributed by atoms with Gasteiger partial charge >= 0.3 is 0 Å². The molecule has 0 atom stereocenters. The van der Waals surface area contributed by atoms with Gasteiger partial charge in [-0.2, -0.15) is 0 Å². The van der Waals surface area contributed by atoms with Gasteiger partial charge < -0.3 is 5.32 Å². The number of rotatable bonds is 2. The fraction of sp³-hybridized carbons (Fsp3) is 0.231. The van der Waals surface area contributed by atoms with Gasteiger partial charge in [0.05, 0.1) is 11.9 Å². The van der Waals surface area contributed by atoms with E-state index in [-0.39, 0.29) is 0 Å². The average Bonchev–Trinajstić information content (AvgIpc) is 2.27. The minimum atomic E-state index is 0.501. The van der Waals surface area contributed by atoms with Crippen LogP contribution >= 0.6 is 11.6 Å². The van der Waals surface area contributed by atoms with Crippen LogP contribution in [-0.2, 0) is 0 Å². The third kappa shape index (κ3) is 2.74. The van der Waals surface area contributed by atoms with E-state index in [2.05, 4.69) is 22.2 Å². The lowest BCUT2D eigenvalue weighted by atomic mass is 10.2. The van der Waals surface area contributed by atoms with Crippen molar-refractivity contribution in [3.05, 3.63) is 46.4 Å². The van der Waals surface area contributed by atoms with Crippen LogP contribution in [0.2, 0.25) is 5.15 Å². The Morgan fingerprint density at radius 1 is 0.941 bits per heavy atom. The summed E-state index contributed by atoms with van der Waals surface area (Å²) in [6.07, 6.45) is 3.57. The van der Waals surface area contributed by atoms with Crippen molar-refractivity contribution in [1.82, 2.24) is 9.97 Å². The van der Waals surface area contributed by atoms with Crippen LogP contribution in [0.1, 0.15) is 16.7 Å². The number of anilines is 2. The van der Waals surface area contributed by atoms with E-state index in [9.17, 15) is 0 Å². The summed E-state index contributed by atoms with van der Waals surface area (Å²) in [5.74, 6) is 0.820. The summed E-state index contributed by atoms with van der Waals surface area (Å²) in [6.45, 7) is 6.09. The Morgan fingerprint density at radius 3 is 2.35 bits per heavy atom. The quantitative estimate of drug-likeness (QED) is 0.821. The van der Waals surface area contributed by atoms with Gasteiger partial charge in [0.25, 0.3) is 0 Å². The van der Waals surface area contributed by atoms with Gasteiger partial charge in [0.1, 0.15) is 11.0 Å². The fourth-order valence-corrected chi connectivity index (χ4v) is 1.70. The number of hydrogen-bond acceptors (Lipinski definition) is 3. The maximum absolute atomic E-state index is 5.81. The summed E-state index contributed by atoms with van der Waals surface area (Å²) < 4.78 is 0. The molecule has 0 unspecified atom stereocenters. The molecule has 2 rings (SSSR count). The van der Waals surface area contributed by atoms with Crippen molar-refractivity contribution in [2.45, 2.75) is 20.8 Å². The summed E-state index contributed by atoms with van der Waals surface area (Å²) in [5, 5.41) is 3.74. The van der Waals surface area contributed by atoms with E-state index in [1.54, 1.807) is 6.20 Å². The third-order valence-electron chi connectivity index (χ3n) is 2.71. The van der Waals surface area contributed by atoms with Crippen molar-refractivity contribution in [3.63, 3.8) is 0 Å². The lowest BCUT2D eigenvalue weighted by molar-refractivity contribution is 1.20. The molecule has 2 aromatic heterocycles. The molecule has 0 aliphatic carbocycles. The van der Waals surface area contributed by atoms with Gasteiger partial charge in [0.15, 0.2) is 0 Å². The molecule has 0 bridgehead atoms. The predicted octanol–water partition coefficient (Wildman–Crippen LogP) is 3.80. The number of aryl methyl sites for hydroxylation is 3. The van der Waals surface area contributed by atoms with Crippen LogP contribution in [0.5, 0.6) is 0 Å². The normalized spacial score (nSPS) is 10.4. The summed E-state index contributed by atoms with van der Waals surface area (Å²) in [7, 11) is 0.